The highest BCUT2D eigenvalue weighted by Crippen LogP contribution is 2.36. The predicted octanol–water partition coefficient (Wildman–Crippen LogP) is 3.76. The Kier molecular flexibility index (Phi) is 3.63. The maximum atomic E-state index is 9.47. The summed E-state index contributed by atoms with van der Waals surface area (Å²) >= 11 is 6.02. The van der Waals surface area contributed by atoms with Crippen LogP contribution in [-0.2, 0) is 0 Å². The van der Waals surface area contributed by atoms with E-state index in [1.807, 2.05) is 26.0 Å². The Bertz CT molecular complexity index is 969. The molecule has 0 spiro atoms. The lowest BCUT2D eigenvalue weighted by Gasteiger charge is -2.16. The summed E-state index contributed by atoms with van der Waals surface area (Å²) in [7, 11) is 1.62. The summed E-state index contributed by atoms with van der Waals surface area (Å²) in [4.78, 5) is 4.38. The van der Waals surface area contributed by atoms with Crippen molar-refractivity contribution in [2.75, 3.05) is 12.8 Å². The molecule has 3 rings (SSSR count). The highest BCUT2D eigenvalue weighted by molar-refractivity contribution is 6.31. The van der Waals surface area contributed by atoms with Gasteiger partial charge in [0, 0.05) is 17.1 Å². The molecule has 0 unspecified atom stereocenters. The monoisotopic (exact) mass is 326 g/mol. The summed E-state index contributed by atoms with van der Waals surface area (Å²) < 4.78 is 7.19. The van der Waals surface area contributed by atoms with Crippen molar-refractivity contribution in [1.29, 1.82) is 5.26 Å². The Morgan fingerprint density at radius 1 is 1.35 bits per heavy atom. The molecule has 0 atom stereocenters. The van der Waals surface area contributed by atoms with Crippen molar-refractivity contribution < 1.29 is 4.74 Å². The largest absolute Gasteiger partial charge is 0.496 e. The maximum Gasteiger partial charge on any atom is 0.147 e. The number of nitrogen functional groups attached to an aromatic ring is 1. The molecule has 0 radical (unpaired) electrons. The lowest BCUT2D eigenvalue weighted by atomic mass is 10.1. The number of methoxy groups -OCH3 is 1. The van der Waals surface area contributed by atoms with Crippen LogP contribution in [0.25, 0.3) is 16.7 Å². The van der Waals surface area contributed by atoms with Gasteiger partial charge in [0.25, 0.3) is 0 Å². The summed E-state index contributed by atoms with van der Waals surface area (Å²) in [6.07, 6.45) is 1.55. The third-order valence-electron chi connectivity index (χ3n) is 3.95. The number of anilines is 1. The molecule has 6 heteroatoms. The molecule has 0 aliphatic heterocycles. The number of hydrogen-bond acceptors (Lipinski definition) is 4. The van der Waals surface area contributed by atoms with Crippen molar-refractivity contribution >= 4 is 28.5 Å². The average molecular weight is 327 g/mol. The van der Waals surface area contributed by atoms with Crippen LogP contribution in [0.1, 0.15) is 16.7 Å². The molecule has 23 heavy (non-hydrogen) atoms. The maximum absolute atomic E-state index is 9.47. The van der Waals surface area contributed by atoms with Crippen LogP contribution >= 0.6 is 11.6 Å². The zero-order chi connectivity index (χ0) is 16.7. The van der Waals surface area contributed by atoms with E-state index in [1.54, 1.807) is 23.9 Å². The summed E-state index contributed by atoms with van der Waals surface area (Å²) in [5.41, 5.74) is 10.0. The molecule has 0 aliphatic rings. The van der Waals surface area contributed by atoms with Crippen molar-refractivity contribution in [2.45, 2.75) is 13.8 Å². The van der Waals surface area contributed by atoms with Crippen molar-refractivity contribution in [3.63, 3.8) is 0 Å². The number of pyridine rings is 1. The Labute approximate surface area is 138 Å². The molecule has 2 heterocycles. The third-order valence-corrected chi connectivity index (χ3v) is 4.16. The second-order valence-electron chi connectivity index (χ2n) is 5.29. The minimum atomic E-state index is 0.344. The molecule has 1 aromatic carbocycles. The van der Waals surface area contributed by atoms with Gasteiger partial charge in [0.05, 0.1) is 17.8 Å². The van der Waals surface area contributed by atoms with E-state index >= 15 is 0 Å². The Hall–Kier alpha value is -2.71. The number of rotatable bonds is 2. The van der Waals surface area contributed by atoms with Gasteiger partial charge in [-0.2, -0.15) is 5.26 Å². The van der Waals surface area contributed by atoms with Gasteiger partial charge < -0.3 is 10.5 Å². The Balaban J connectivity index is 2.48. The molecule has 0 saturated carbocycles. The molecule has 0 saturated heterocycles. The molecule has 2 aromatic heterocycles. The van der Waals surface area contributed by atoms with Gasteiger partial charge in [0.2, 0.25) is 0 Å². The van der Waals surface area contributed by atoms with E-state index in [-0.39, 0.29) is 0 Å². The summed E-state index contributed by atoms with van der Waals surface area (Å²) in [5, 5.41) is 10.6. The minimum absolute atomic E-state index is 0.344. The van der Waals surface area contributed by atoms with E-state index in [4.69, 9.17) is 22.1 Å². The number of nitriles is 1. The van der Waals surface area contributed by atoms with Crippen molar-refractivity contribution in [3.05, 3.63) is 46.1 Å². The first-order valence-corrected chi connectivity index (χ1v) is 7.37. The van der Waals surface area contributed by atoms with Crippen LogP contribution in [0.3, 0.4) is 0 Å². The van der Waals surface area contributed by atoms with Crippen LogP contribution in [0, 0.1) is 25.2 Å². The SMILES string of the molecule is COc1ccc(C)c(-n2c(N)c(C#N)c3cc(Cl)cnc32)c1C. The van der Waals surface area contributed by atoms with Gasteiger partial charge in [0.1, 0.15) is 28.8 Å². The number of ether oxygens (including phenoxy) is 1. The molecular formula is C17H15ClN4O. The van der Waals surface area contributed by atoms with Gasteiger partial charge >= 0.3 is 0 Å². The lowest BCUT2D eigenvalue weighted by Crippen LogP contribution is -2.06. The van der Waals surface area contributed by atoms with Gasteiger partial charge in [-0.1, -0.05) is 17.7 Å². The van der Waals surface area contributed by atoms with Crippen LogP contribution in [0.2, 0.25) is 5.02 Å². The molecule has 116 valence electrons. The van der Waals surface area contributed by atoms with Crippen LogP contribution in [0.4, 0.5) is 5.82 Å². The third kappa shape index (κ3) is 2.19. The quantitative estimate of drug-likeness (QED) is 0.777. The number of hydrogen-bond donors (Lipinski definition) is 1. The molecule has 0 aliphatic carbocycles. The second kappa shape index (κ2) is 5.49. The van der Waals surface area contributed by atoms with Crippen molar-refractivity contribution in [1.82, 2.24) is 9.55 Å². The molecule has 0 fully saturated rings. The summed E-state index contributed by atoms with van der Waals surface area (Å²) in [5.74, 6) is 1.09. The van der Waals surface area contributed by atoms with E-state index in [2.05, 4.69) is 11.1 Å². The lowest BCUT2D eigenvalue weighted by molar-refractivity contribution is 0.411. The van der Waals surface area contributed by atoms with E-state index in [0.29, 0.717) is 27.4 Å². The molecule has 3 aromatic rings. The molecule has 5 nitrogen and oxygen atoms in total. The Morgan fingerprint density at radius 2 is 2.09 bits per heavy atom. The average Bonchev–Trinajstić information content (AvgIpc) is 2.79. The molecule has 0 amide bonds. The number of benzene rings is 1. The number of nitrogens with zero attached hydrogens (tertiary/aromatic N) is 3. The highest BCUT2D eigenvalue weighted by Gasteiger charge is 2.21. The van der Waals surface area contributed by atoms with E-state index in [0.717, 1.165) is 22.6 Å². The minimum Gasteiger partial charge on any atom is -0.496 e. The number of aromatic nitrogens is 2. The fourth-order valence-electron chi connectivity index (χ4n) is 2.88. The van der Waals surface area contributed by atoms with E-state index in [9.17, 15) is 5.26 Å². The van der Waals surface area contributed by atoms with Crippen LogP contribution in [0.5, 0.6) is 5.75 Å². The van der Waals surface area contributed by atoms with Gasteiger partial charge in [0.15, 0.2) is 0 Å². The fourth-order valence-corrected chi connectivity index (χ4v) is 3.04. The van der Waals surface area contributed by atoms with Crippen LogP contribution in [0.15, 0.2) is 24.4 Å². The van der Waals surface area contributed by atoms with Gasteiger partial charge in [-0.05, 0) is 31.5 Å². The topological polar surface area (TPSA) is 76.9 Å². The number of fused-ring (bicyclic) bond motifs is 1. The Morgan fingerprint density at radius 3 is 2.74 bits per heavy atom. The molecule has 2 N–H and O–H groups in total. The van der Waals surface area contributed by atoms with Gasteiger partial charge in [-0.25, -0.2) is 4.98 Å². The molecule has 0 bridgehead atoms. The summed E-state index contributed by atoms with van der Waals surface area (Å²) in [6.45, 7) is 3.93. The van der Waals surface area contributed by atoms with Crippen LogP contribution < -0.4 is 10.5 Å². The normalized spacial score (nSPS) is 10.7. The first kappa shape index (κ1) is 15.2. The first-order chi connectivity index (χ1) is 11.0. The number of aryl methyl sites for hydroxylation is 1. The van der Waals surface area contributed by atoms with E-state index < -0.39 is 0 Å². The fraction of sp³-hybridized carbons (Fsp3) is 0.176. The second-order valence-corrected chi connectivity index (χ2v) is 5.73. The van der Waals surface area contributed by atoms with Crippen LogP contribution in [-0.4, -0.2) is 16.7 Å². The van der Waals surface area contributed by atoms with Gasteiger partial charge in [-0.3, -0.25) is 4.57 Å². The highest BCUT2D eigenvalue weighted by atomic mass is 35.5. The zero-order valence-corrected chi connectivity index (χ0v) is 13.8. The summed E-state index contributed by atoms with van der Waals surface area (Å²) in [6, 6.07) is 7.72. The standard InChI is InChI=1S/C17H15ClN4O/c1-9-4-5-14(23-3)10(2)15(9)22-16(20)13(7-19)12-6-11(18)8-21-17(12)22/h4-6,8H,20H2,1-3H3. The van der Waals surface area contributed by atoms with Gasteiger partial charge in [-0.15, -0.1) is 0 Å². The van der Waals surface area contributed by atoms with Crippen molar-refractivity contribution in [2.24, 2.45) is 0 Å². The van der Waals surface area contributed by atoms with E-state index in [1.165, 1.54) is 0 Å². The number of halogens is 1. The van der Waals surface area contributed by atoms with Crippen molar-refractivity contribution in [3.8, 4) is 17.5 Å². The molecular weight excluding hydrogens is 312 g/mol. The first-order valence-electron chi connectivity index (χ1n) is 6.99. The smallest absolute Gasteiger partial charge is 0.147 e. The predicted molar refractivity (Wildman–Crippen MR) is 91.2 cm³/mol. The zero-order valence-electron chi connectivity index (χ0n) is 13.0. The number of nitrogens with two attached hydrogens (primary N) is 1.